The Balaban J connectivity index is 1.67. The highest BCUT2D eigenvalue weighted by Crippen LogP contribution is 2.27. The molecule has 1 fully saturated rings. The summed E-state index contributed by atoms with van der Waals surface area (Å²) in [6.45, 7) is 1.08. The van der Waals surface area contributed by atoms with Crippen LogP contribution in [0.5, 0.6) is 0 Å². The van der Waals surface area contributed by atoms with E-state index in [1.54, 1.807) is 0 Å². The van der Waals surface area contributed by atoms with Crippen molar-refractivity contribution in [2.24, 2.45) is 0 Å². The fourth-order valence-electron chi connectivity index (χ4n) is 2.59. The van der Waals surface area contributed by atoms with Crippen LogP contribution in [0.2, 0.25) is 0 Å². The number of aromatic nitrogens is 3. The van der Waals surface area contributed by atoms with Gasteiger partial charge in [0.1, 0.15) is 5.82 Å². The fourth-order valence-corrected chi connectivity index (χ4v) is 3.90. The number of thioether (sulfide) groups is 1. The van der Waals surface area contributed by atoms with Crippen LogP contribution in [0.25, 0.3) is 0 Å². The Bertz CT molecular complexity index is 332. The van der Waals surface area contributed by atoms with Crippen LogP contribution in [0.1, 0.15) is 43.8 Å². The van der Waals surface area contributed by atoms with Crippen molar-refractivity contribution < 1.29 is 0 Å². The second kappa shape index (κ2) is 4.78. The van der Waals surface area contributed by atoms with Gasteiger partial charge in [-0.15, -0.1) is 0 Å². The molecule has 1 atom stereocenters. The van der Waals surface area contributed by atoms with E-state index in [1.807, 2.05) is 0 Å². The van der Waals surface area contributed by atoms with Gasteiger partial charge in [0, 0.05) is 24.6 Å². The smallest absolute Gasteiger partial charge is 0.152 e. The molecule has 3 rings (SSSR count). The quantitative estimate of drug-likeness (QED) is 0.791. The predicted molar refractivity (Wildman–Crippen MR) is 66.8 cm³/mol. The summed E-state index contributed by atoms with van der Waals surface area (Å²) in [5, 5.41) is 5.41. The molecule has 4 heteroatoms. The molecular weight excluding hydrogens is 218 g/mol. The summed E-state index contributed by atoms with van der Waals surface area (Å²) in [4.78, 5) is 4.68. The molecule has 1 aromatic heterocycles. The number of hydrogen-bond donors (Lipinski definition) is 0. The van der Waals surface area contributed by atoms with Crippen LogP contribution in [0.4, 0.5) is 0 Å². The van der Waals surface area contributed by atoms with Crippen molar-refractivity contribution >= 4 is 11.8 Å². The summed E-state index contributed by atoms with van der Waals surface area (Å²) in [5.41, 5.74) is 0. The lowest BCUT2D eigenvalue weighted by molar-refractivity contribution is 0.477. The molecule has 2 aliphatic rings. The van der Waals surface area contributed by atoms with Gasteiger partial charge in [-0.25, -0.2) is 9.67 Å². The summed E-state index contributed by atoms with van der Waals surface area (Å²) in [6, 6.07) is 0. The van der Waals surface area contributed by atoms with Crippen LogP contribution in [0.15, 0.2) is 0 Å². The van der Waals surface area contributed by atoms with E-state index in [0.717, 1.165) is 30.5 Å². The highest BCUT2D eigenvalue weighted by atomic mass is 32.2. The van der Waals surface area contributed by atoms with Crippen molar-refractivity contribution in [3.05, 3.63) is 11.6 Å². The molecule has 0 spiro atoms. The van der Waals surface area contributed by atoms with Gasteiger partial charge in [0.2, 0.25) is 0 Å². The first-order valence-electron chi connectivity index (χ1n) is 6.46. The molecule has 0 amide bonds. The molecule has 1 saturated heterocycles. The zero-order valence-electron chi connectivity index (χ0n) is 9.69. The van der Waals surface area contributed by atoms with E-state index in [0.29, 0.717) is 0 Å². The van der Waals surface area contributed by atoms with E-state index < -0.39 is 0 Å². The van der Waals surface area contributed by atoms with Gasteiger partial charge in [0.25, 0.3) is 0 Å². The molecule has 1 unspecified atom stereocenters. The molecule has 3 heterocycles. The minimum Gasteiger partial charge on any atom is -0.250 e. The van der Waals surface area contributed by atoms with Crippen LogP contribution in [0.3, 0.4) is 0 Å². The monoisotopic (exact) mass is 237 g/mol. The van der Waals surface area contributed by atoms with Gasteiger partial charge >= 0.3 is 0 Å². The molecule has 0 bridgehead atoms. The SMILES string of the molecule is C1CCC(Cc2nc3n(n2)CCCC3)SC1. The van der Waals surface area contributed by atoms with Gasteiger partial charge in [-0.3, -0.25) is 0 Å². The molecule has 16 heavy (non-hydrogen) atoms. The van der Waals surface area contributed by atoms with E-state index in [1.165, 1.54) is 43.7 Å². The number of fused-ring (bicyclic) bond motifs is 1. The predicted octanol–water partition coefficient (Wildman–Crippen LogP) is 2.44. The first kappa shape index (κ1) is 10.6. The van der Waals surface area contributed by atoms with Gasteiger partial charge in [-0.2, -0.15) is 16.9 Å². The maximum absolute atomic E-state index is 4.68. The Morgan fingerprint density at radius 2 is 2.25 bits per heavy atom. The summed E-state index contributed by atoms with van der Waals surface area (Å²) in [6.07, 6.45) is 8.92. The molecule has 0 aromatic carbocycles. The molecular formula is C12H19N3S. The summed E-state index contributed by atoms with van der Waals surface area (Å²) < 4.78 is 2.13. The van der Waals surface area contributed by atoms with Gasteiger partial charge in [-0.05, 0) is 31.4 Å². The normalized spacial score (nSPS) is 25.4. The molecule has 2 aliphatic heterocycles. The Labute approximate surface area is 101 Å². The van der Waals surface area contributed by atoms with Gasteiger partial charge in [0.15, 0.2) is 5.82 Å². The van der Waals surface area contributed by atoms with Crippen LogP contribution < -0.4 is 0 Å². The lowest BCUT2D eigenvalue weighted by Crippen LogP contribution is -2.13. The molecule has 1 aromatic rings. The number of nitrogens with zero attached hydrogens (tertiary/aromatic N) is 3. The summed E-state index contributed by atoms with van der Waals surface area (Å²) in [7, 11) is 0. The average Bonchev–Trinajstić information content (AvgIpc) is 2.72. The summed E-state index contributed by atoms with van der Waals surface area (Å²) in [5.74, 6) is 3.65. The molecule has 0 N–H and O–H groups in total. The number of hydrogen-bond acceptors (Lipinski definition) is 3. The third-order valence-corrected chi connectivity index (χ3v) is 4.89. The minimum absolute atomic E-state index is 0.776. The maximum atomic E-state index is 4.68. The van der Waals surface area contributed by atoms with Gasteiger partial charge < -0.3 is 0 Å². The van der Waals surface area contributed by atoms with Crippen molar-refractivity contribution in [2.75, 3.05) is 5.75 Å². The molecule has 0 radical (unpaired) electrons. The second-order valence-corrected chi connectivity index (χ2v) is 6.23. The highest BCUT2D eigenvalue weighted by Gasteiger charge is 2.19. The highest BCUT2D eigenvalue weighted by molar-refractivity contribution is 7.99. The summed E-state index contributed by atoms with van der Waals surface area (Å²) >= 11 is 2.11. The molecule has 3 nitrogen and oxygen atoms in total. The third-order valence-electron chi connectivity index (χ3n) is 3.50. The van der Waals surface area contributed by atoms with Crippen molar-refractivity contribution in [1.82, 2.24) is 14.8 Å². The Morgan fingerprint density at radius 1 is 1.25 bits per heavy atom. The number of aryl methyl sites for hydroxylation is 2. The minimum atomic E-state index is 0.776. The van der Waals surface area contributed by atoms with E-state index >= 15 is 0 Å². The van der Waals surface area contributed by atoms with Crippen LogP contribution in [0, 0.1) is 0 Å². The Kier molecular flexibility index (Phi) is 3.18. The third kappa shape index (κ3) is 2.26. The van der Waals surface area contributed by atoms with Crippen molar-refractivity contribution in [3.8, 4) is 0 Å². The largest absolute Gasteiger partial charge is 0.250 e. The Morgan fingerprint density at radius 3 is 3.06 bits per heavy atom. The Hall–Kier alpha value is -0.510. The van der Waals surface area contributed by atoms with Crippen LogP contribution in [-0.4, -0.2) is 25.8 Å². The first-order valence-corrected chi connectivity index (χ1v) is 7.51. The van der Waals surface area contributed by atoms with E-state index in [-0.39, 0.29) is 0 Å². The molecule has 0 aliphatic carbocycles. The standard InChI is InChI=1S/C12H19N3S/c1-3-7-15-12(6-1)13-11(14-15)9-10-5-2-4-8-16-10/h10H,1-9H2. The second-order valence-electron chi connectivity index (χ2n) is 4.82. The zero-order chi connectivity index (χ0) is 10.8. The van der Waals surface area contributed by atoms with E-state index in [2.05, 4.69) is 26.5 Å². The topological polar surface area (TPSA) is 30.7 Å². The fraction of sp³-hybridized carbons (Fsp3) is 0.833. The zero-order valence-corrected chi connectivity index (χ0v) is 10.5. The lowest BCUT2D eigenvalue weighted by atomic mass is 10.1. The maximum Gasteiger partial charge on any atom is 0.152 e. The van der Waals surface area contributed by atoms with E-state index in [4.69, 9.17) is 0 Å². The lowest BCUT2D eigenvalue weighted by Gasteiger charge is -2.19. The molecule has 0 saturated carbocycles. The van der Waals surface area contributed by atoms with Crippen molar-refractivity contribution in [3.63, 3.8) is 0 Å². The van der Waals surface area contributed by atoms with Gasteiger partial charge in [-0.1, -0.05) is 6.42 Å². The first-order chi connectivity index (χ1) is 7.92. The molecule has 88 valence electrons. The van der Waals surface area contributed by atoms with E-state index in [9.17, 15) is 0 Å². The van der Waals surface area contributed by atoms with Crippen LogP contribution >= 0.6 is 11.8 Å². The number of rotatable bonds is 2. The van der Waals surface area contributed by atoms with Crippen molar-refractivity contribution in [1.29, 1.82) is 0 Å². The average molecular weight is 237 g/mol. The van der Waals surface area contributed by atoms with Crippen LogP contribution in [-0.2, 0) is 19.4 Å². The van der Waals surface area contributed by atoms with Crippen molar-refractivity contribution in [2.45, 2.75) is 56.7 Å². The van der Waals surface area contributed by atoms with Gasteiger partial charge in [0.05, 0.1) is 0 Å².